The Labute approximate surface area is 132 Å². The highest BCUT2D eigenvalue weighted by molar-refractivity contribution is 7.08. The predicted octanol–water partition coefficient (Wildman–Crippen LogP) is 3.30. The predicted molar refractivity (Wildman–Crippen MR) is 87.5 cm³/mol. The molecule has 4 nitrogen and oxygen atoms in total. The average Bonchev–Trinajstić information content (AvgIpc) is 3.07. The van der Waals surface area contributed by atoms with Crippen molar-refractivity contribution in [1.82, 2.24) is 0 Å². The van der Waals surface area contributed by atoms with E-state index in [2.05, 4.69) is 5.32 Å². The van der Waals surface area contributed by atoms with Crippen LogP contribution in [0.5, 0.6) is 0 Å². The summed E-state index contributed by atoms with van der Waals surface area (Å²) < 4.78 is 0. The van der Waals surface area contributed by atoms with E-state index in [0.29, 0.717) is 5.56 Å². The van der Waals surface area contributed by atoms with Gasteiger partial charge in [-0.25, -0.2) is 0 Å². The Bertz CT molecular complexity index is 735. The van der Waals surface area contributed by atoms with Crippen molar-refractivity contribution in [2.75, 3.05) is 16.8 Å². The Hall–Kier alpha value is -2.14. The van der Waals surface area contributed by atoms with Gasteiger partial charge in [-0.2, -0.15) is 11.3 Å². The number of nitrogens with zero attached hydrogens (tertiary/aromatic N) is 1. The van der Waals surface area contributed by atoms with Gasteiger partial charge >= 0.3 is 0 Å². The van der Waals surface area contributed by atoms with E-state index in [0.717, 1.165) is 37.2 Å². The van der Waals surface area contributed by atoms with Gasteiger partial charge < -0.3 is 10.2 Å². The molecule has 1 aliphatic heterocycles. The normalized spacial score (nSPS) is 16.5. The van der Waals surface area contributed by atoms with Crippen LogP contribution >= 0.6 is 11.3 Å². The maximum atomic E-state index is 12.3. The topological polar surface area (TPSA) is 49.4 Å². The highest BCUT2D eigenvalue weighted by atomic mass is 32.1. The van der Waals surface area contributed by atoms with Crippen LogP contribution in [0.4, 0.5) is 11.4 Å². The molecule has 1 aromatic heterocycles. The van der Waals surface area contributed by atoms with Gasteiger partial charge in [-0.15, -0.1) is 0 Å². The van der Waals surface area contributed by atoms with Crippen LogP contribution in [-0.2, 0) is 11.2 Å². The van der Waals surface area contributed by atoms with Crippen molar-refractivity contribution in [1.29, 1.82) is 0 Å². The van der Waals surface area contributed by atoms with Gasteiger partial charge in [0.25, 0.3) is 5.91 Å². The molecule has 1 N–H and O–H groups in total. The summed E-state index contributed by atoms with van der Waals surface area (Å²) in [5.41, 5.74) is 3.55. The number of thiophene rings is 1. The highest BCUT2D eigenvalue weighted by Crippen LogP contribution is 2.37. The number of amides is 2. The number of benzene rings is 1. The Morgan fingerprint density at radius 3 is 2.82 bits per heavy atom. The fourth-order valence-electron chi connectivity index (χ4n) is 2.83. The maximum absolute atomic E-state index is 12.3. The van der Waals surface area contributed by atoms with Gasteiger partial charge in [0.05, 0.1) is 5.56 Å². The number of nitrogens with one attached hydrogen (secondary N) is 1. The van der Waals surface area contributed by atoms with Crippen molar-refractivity contribution >= 4 is 34.5 Å². The fraction of sp³-hybridized carbons (Fsp3) is 0.294. The number of carbonyl (C=O) groups excluding carboxylic acids is 2. The lowest BCUT2D eigenvalue weighted by Gasteiger charge is -2.18. The minimum absolute atomic E-state index is 0.112. The second-order valence-electron chi connectivity index (χ2n) is 5.82. The third kappa shape index (κ3) is 2.41. The van der Waals surface area contributed by atoms with Crippen molar-refractivity contribution in [2.45, 2.75) is 19.3 Å². The van der Waals surface area contributed by atoms with Crippen molar-refractivity contribution in [3.63, 3.8) is 0 Å². The molecule has 1 fully saturated rings. The summed E-state index contributed by atoms with van der Waals surface area (Å²) in [5.74, 6) is 0.342. The van der Waals surface area contributed by atoms with E-state index < -0.39 is 0 Å². The number of rotatable bonds is 3. The molecule has 0 radical (unpaired) electrons. The van der Waals surface area contributed by atoms with E-state index in [1.165, 1.54) is 16.9 Å². The zero-order valence-corrected chi connectivity index (χ0v) is 12.9. The van der Waals surface area contributed by atoms with Crippen molar-refractivity contribution in [3.05, 3.63) is 46.2 Å². The standard InChI is InChI=1S/C17H16N2O2S/c20-16(13-6-8-22-10-13)18-14-4-3-11-5-7-19(15(11)9-14)17(21)12-1-2-12/h3-4,6,8-10,12H,1-2,5,7H2,(H,18,20). The number of hydrogen-bond donors (Lipinski definition) is 1. The Morgan fingerprint density at radius 2 is 2.09 bits per heavy atom. The maximum Gasteiger partial charge on any atom is 0.256 e. The van der Waals surface area contributed by atoms with Crippen LogP contribution in [0.3, 0.4) is 0 Å². The lowest BCUT2D eigenvalue weighted by molar-refractivity contribution is -0.119. The van der Waals surface area contributed by atoms with E-state index in [4.69, 9.17) is 0 Å². The molecule has 22 heavy (non-hydrogen) atoms. The number of hydrogen-bond acceptors (Lipinski definition) is 3. The van der Waals surface area contributed by atoms with Crippen molar-refractivity contribution in [3.8, 4) is 0 Å². The lowest BCUT2D eigenvalue weighted by Crippen LogP contribution is -2.30. The minimum Gasteiger partial charge on any atom is -0.322 e. The fourth-order valence-corrected chi connectivity index (χ4v) is 3.47. The average molecular weight is 312 g/mol. The summed E-state index contributed by atoms with van der Waals surface area (Å²) in [6.45, 7) is 0.757. The quantitative estimate of drug-likeness (QED) is 0.945. The molecular weight excluding hydrogens is 296 g/mol. The highest BCUT2D eigenvalue weighted by Gasteiger charge is 2.36. The molecular formula is C17H16N2O2S. The van der Waals surface area contributed by atoms with Crippen LogP contribution in [-0.4, -0.2) is 18.4 Å². The molecule has 1 aliphatic carbocycles. The Morgan fingerprint density at radius 1 is 1.23 bits per heavy atom. The molecule has 1 aromatic carbocycles. The second-order valence-corrected chi connectivity index (χ2v) is 6.60. The third-order valence-electron chi connectivity index (χ3n) is 4.21. The zero-order valence-electron chi connectivity index (χ0n) is 12.0. The molecule has 2 aliphatic rings. The molecule has 0 atom stereocenters. The summed E-state index contributed by atoms with van der Waals surface area (Å²) >= 11 is 1.50. The van der Waals surface area contributed by atoms with Crippen LogP contribution in [0.15, 0.2) is 35.0 Å². The molecule has 2 aromatic rings. The first-order chi connectivity index (χ1) is 10.7. The van der Waals surface area contributed by atoms with Gasteiger partial charge in [0.15, 0.2) is 0 Å². The second kappa shape index (κ2) is 5.25. The first-order valence-corrected chi connectivity index (χ1v) is 8.44. The summed E-state index contributed by atoms with van der Waals surface area (Å²) in [6, 6.07) is 7.65. The first kappa shape index (κ1) is 13.5. The molecule has 0 saturated heterocycles. The summed E-state index contributed by atoms with van der Waals surface area (Å²) in [6.07, 6.45) is 2.92. The molecule has 112 valence electrons. The smallest absolute Gasteiger partial charge is 0.256 e. The third-order valence-corrected chi connectivity index (χ3v) is 4.90. The summed E-state index contributed by atoms with van der Waals surface area (Å²) in [4.78, 5) is 26.3. The molecule has 5 heteroatoms. The molecule has 2 amide bonds. The van der Waals surface area contributed by atoms with E-state index in [1.54, 1.807) is 6.07 Å². The molecule has 0 spiro atoms. The minimum atomic E-state index is -0.112. The van der Waals surface area contributed by atoms with Crippen LogP contribution in [0, 0.1) is 5.92 Å². The van der Waals surface area contributed by atoms with Crippen molar-refractivity contribution < 1.29 is 9.59 Å². The van der Waals surface area contributed by atoms with Crippen molar-refractivity contribution in [2.24, 2.45) is 5.92 Å². The van der Waals surface area contributed by atoms with Crippen LogP contribution < -0.4 is 10.2 Å². The van der Waals surface area contributed by atoms with Crippen LogP contribution in [0.25, 0.3) is 0 Å². The molecule has 2 heterocycles. The summed E-state index contributed by atoms with van der Waals surface area (Å²) in [5, 5.41) is 6.62. The van der Waals surface area contributed by atoms with Gasteiger partial charge in [0, 0.05) is 29.2 Å². The zero-order chi connectivity index (χ0) is 15.1. The monoisotopic (exact) mass is 312 g/mol. The van der Waals surface area contributed by atoms with Crippen LogP contribution in [0.1, 0.15) is 28.8 Å². The van der Waals surface area contributed by atoms with E-state index in [9.17, 15) is 9.59 Å². The summed E-state index contributed by atoms with van der Waals surface area (Å²) in [7, 11) is 0. The largest absolute Gasteiger partial charge is 0.322 e. The molecule has 0 unspecified atom stereocenters. The first-order valence-electron chi connectivity index (χ1n) is 7.50. The molecule has 1 saturated carbocycles. The molecule has 4 rings (SSSR count). The SMILES string of the molecule is O=C(Nc1ccc2c(c1)N(C(=O)C1CC1)CC2)c1ccsc1. The van der Waals surface area contributed by atoms with Gasteiger partial charge in [-0.3, -0.25) is 9.59 Å². The number of fused-ring (bicyclic) bond motifs is 1. The number of anilines is 2. The Kier molecular flexibility index (Phi) is 3.22. The van der Waals surface area contributed by atoms with E-state index in [1.807, 2.05) is 33.9 Å². The number of carbonyl (C=O) groups is 2. The van der Waals surface area contributed by atoms with Gasteiger partial charge in [-0.05, 0) is 48.4 Å². The van der Waals surface area contributed by atoms with Gasteiger partial charge in [0.2, 0.25) is 5.91 Å². The Balaban J connectivity index is 1.57. The van der Waals surface area contributed by atoms with Gasteiger partial charge in [-0.1, -0.05) is 6.07 Å². The van der Waals surface area contributed by atoms with Crippen LogP contribution in [0.2, 0.25) is 0 Å². The van der Waals surface area contributed by atoms with Gasteiger partial charge in [0.1, 0.15) is 0 Å². The van der Waals surface area contributed by atoms with E-state index >= 15 is 0 Å². The van der Waals surface area contributed by atoms with E-state index in [-0.39, 0.29) is 17.7 Å². The molecule has 0 bridgehead atoms. The lowest BCUT2D eigenvalue weighted by atomic mass is 10.1.